The van der Waals surface area contributed by atoms with Gasteiger partial charge in [0.1, 0.15) is 57.9 Å². The Balaban J connectivity index is 0.697. The predicted octanol–water partition coefficient (Wildman–Crippen LogP) is 5.12. The average molecular weight is 1030 g/mol. The summed E-state index contributed by atoms with van der Waals surface area (Å²) in [6.45, 7) is 4.89. The van der Waals surface area contributed by atoms with Crippen molar-refractivity contribution in [1.29, 1.82) is 0 Å². The maximum Gasteiger partial charge on any atom is 0.327 e. The van der Waals surface area contributed by atoms with Crippen LogP contribution in [0.15, 0.2) is 73.1 Å². The number of aromatic nitrogens is 2. The van der Waals surface area contributed by atoms with Gasteiger partial charge in [-0.05, 0) is 54.3 Å². The first-order valence-electron chi connectivity index (χ1n) is 23.0. The number of urea groups is 1. The number of nitrogens with zero attached hydrogens (tertiary/aromatic N) is 6. The van der Waals surface area contributed by atoms with Crippen molar-refractivity contribution in [2.45, 2.75) is 18.9 Å². The van der Waals surface area contributed by atoms with Crippen LogP contribution in [-0.4, -0.2) is 155 Å². The monoisotopic (exact) mass is 1030 g/mol. The van der Waals surface area contributed by atoms with E-state index in [0.29, 0.717) is 73.2 Å². The predicted molar refractivity (Wildman–Crippen MR) is 268 cm³/mol. The molecule has 2 fully saturated rings. The highest BCUT2D eigenvalue weighted by atomic mass is 35.5. The largest absolute Gasteiger partial charge is 0.495 e. The summed E-state index contributed by atoms with van der Waals surface area (Å²) in [5.41, 5.74) is 2.48. The molecule has 8 rings (SSSR count). The van der Waals surface area contributed by atoms with Crippen molar-refractivity contribution in [3.63, 3.8) is 0 Å². The van der Waals surface area contributed by atoms with Gasteiger partial charge in [-0.15, -0.1) is 0 Å². The van der Waals surface area contributed by atoms with Gasteiger partial charge >= 0.3 is 6.03 Å². The van der Waals surface area contributed by atoms with E-state index in [9.17, 15) is 28.8 Å². The van der Waals surface area contributed by atoms with Gasteiger partial charge in [0.15, 0.2) is 0 Å². The Morgan fingerprint density at radius 2 is 1.51 bits per heavy atom. The fourth-order valence-corrected chi connectivity index (χ4v) is 9.01. The number of methoxy groups -OCH3 is 2. The molecule has 3 aliphatic heterocycles. The normalized spacial score (nSPS) is 15.8. The van der Waals surface area contributed by atoms with E-state index in [-0.39, 0.29) is 71.3 Å². The van der Waals surface area contributed by atoms with E-state index in [4.69, 9.17) is 46.9 Å². The Labute approximate surface area is 423 Å². The molecule has 7 amide bonds. The van der Waals surface area contributed by atoms with Gasteiger partial charge in [0.25, 0.3) is 11.8 Å². The fraction of sp³-hybridized carbons (Fsp3) is 0.347. The van der Waals surface area contributed by atoms with Crippen LogP contribution in [0.2, 0.25) is 10.0 Å². The average Bonchev–Trinajstić information content (AvgIpc) is 3.38. The summed E-state index contributed by atoms with van der Waals surface area (Å²) in [5.74, 6) is -0.680. The molecular weight excluding hydrogens is 976 g/mol. The van der Waals surface area contributed by atoms with Crippen molar-refractivity contribution in [1.82, 2.24) is 30.4 Å². The van der Waals surface area contributed by atoms with Crippen LogP contribution in [0.5, 0.6) is 17.2 Å². The quantitative estimate of drug-likeness (QED) is 0.0585. The number of carbonyl (C=O) groups is 6. The van der Waals surface area contributed by atoms with Gasteiger partial charge in [-0.1, -0.05) is 35.3 Å². The number of piperazine rings is 1. The molecule has 4 aromatic carbocycles. The molecular formula is C49H52Cl2N10O11. The van der Waals surface area contributed by atoms with Crippen molar-refractivity contribution in [3.8, 4) is 17.2 Å². The van der Waals surface area contributed by atoms with Crippen LogP contribution >= 0.6 is 23.2 Å². The second kappa shape index (κ2) is 23.3. The van der Waals surface area contributed by atoms with Gasteiger partial charge in [0.05, 0.1) is 58.4 Å². The number of hydrogen-bond acceptors (Lipinski definition) is 16. The molecule has 3 aliphatic rings. The highest BCUT2D eigenvalue weighted by Crippen LogP contribution is 2.44. The third-order valence-electron chi connectivity index (χ3n) is 12.2. The number of carbonyl (C=O) groups excluding carboxylic acids is 6. The number of halogens is 2. The maximum absolute atomic E-state index is 13.6. The van der Waals surface area contributed by atoms with E-state index in [1.807, 2.05) is 24.3 Å². The Hall–Kier alpha value is -7.30. The van der Waals surface area contributed by atoms with Gasteiger partial charge in [-0.2, -0.15) is 0 Å². The van der Waals surface area contributed by atoms with E-state index < -0.39 is 35.7 Å². The molecule has 0 saturated carbocycles. The molecule has 4 heterocycles. The third kappa shape index (κ3) is 11.7. The number of piperidine rings is 1. The SMILES string of the molecule is COc1cc(OC)c(Cl)c(NC(=O)N(C)c2cc(Nc3ccc(N4CCN(CC(=O)NCCOCCOCCOc5cc6c7c(cccc7c5)C(=O)N(C5CCC(=O)NC5=O)C6=O)CC4)cc3)ncn2)c1Cl. The number of hydrogen-bond donors (Lipinski definition) is 4. The van der Waals surface area contributed by atoms with Gasteiger partial charge < -0.3 is 44.5 Å². The maximum atomic E-state index is 13.6. The first-order valence-corrected chi connectivity index (χ1v) is 23.7. The number of anilines is 5. The summed E-state index contributed by atoms with van der Waals surface area (Å²) < 4.78 is 27.8. The second-order valence-corrected chi connectivity index (χ2v) is 17.5. The summed E-state index contributed by atoms with van der Waals surface area (Å²) in [4.78, 5) is 92.4. The van der Waals surface area contributed by atoms with E-state index in [1.54, 1.807) is 43.4 Å². The van der Waals surface area contributed by atoms with Gasteiger partial charge in [-0.3, -0.25) is 44.0 Å². The minimum absolute atomic E-state index is 0.0259. The summed E-state index contributed by atoms with van der Waals surface area (Å²) in [5, 5.41) is 12.4. The van der Waals surface area contributed by atoms with Crippen molar-refractivity contribution in [2.75, 3.05) is 114 Å². The van der Waals surface area contributed by atoms with E-state index >= 15 is 0 Å². The Kier molecular flexibility index (Phi) is 16.5. The minimum atomic E-state index is -1.09. The topological polar surface area (TPSA) is 235 Å². The molecule has 72 heavy (non-hydrogen) atoms. The standard InChI is InChI=1S/C49H52Cl2N10O11/c1-58(49(67)57-45-43(50)36(68-2)25-37(69-3)44(45)51)39-26-38(53-28-54-39)55-30-7-9-31(10-8-30)60-16-14-59(15-17-60)27-41(63)52-13-18-70-19-20-71-21-22-72-32-23-29-5-4-6-33-42(29)34(24-32)48(66)61(47(33)65)35-11-12-40(62)56-46(35)64/h4-10,23-26,28,35H,11-22,27H2,1-3H3,(H,52,63)(H,57,67)(H,53,54,55)(H,56,62,64). The minimum Gasteiger partial charge on any atom is -0.495 e. The molecule has 1 unspecified atom stereocenters. The lowest BCUT2D eigenvalue weighted by molar-refractivity contribution is -0.136. The highest BCUT2D eigenvalue weighted by Gasteiger charge is 2.43. The highest BCUT2D eigenvalue weighted by molar-refractivity contribution is 6.41. The molecule has 4 N–H and O–H groups in total. The zero-order valence-corrected chi connectivity index (χ0v) is 41.1. The molecule has 0 bridgehead atoms. The number of benzene rings is 4. The van der Waals surface area contributed by atoms with Crippen molar-refractivity contribution < 1.29 is 52.5 Å². The van der Waals surface area contributed by atoms with Gasteiger partial charge in [-0.25, -0.2) is 14.8 Å². The van der Waals surface area contributed by atoms with Gasteiger partial charge in [0, 0.05) is 80.6 Å². The van der Waals surface area contributed by atoms with Gasteiger partial charge in [0.2, 0.25) is 17.7 Å². The number of amides is 7. The lowest BCUT2D eigenvalue weighted by atomic mass is 9.91. The molecule has 1 aromatic heterocycles. The number of rotatable bonds is 20. The molecule has 378 valence electrons. The van der Waals surface area contributed by atoms with Crippen LogP contribution in [0.4, 0.5) is 33.5 Å². The molecule has 5 aromatic rings. The molecule has 1 atom stereocenters. The Morgan fingerprint density at radius 3 is 2.22 bits per heavy atom. The van der Waals surface area contributed by atoms with Crippen LogP contribution < -0.4 is 45.3 Å². The van der Waals surface area contributed by atoms with E-state index in [0.717, 1.165) is 29.4 Å². The zero-order chi connectivity index (χ0) is 50.9. The lowest BCUT2D eigenvalue weighted by Gasteiger charge is -2.35. The summed E-state index contributed by atoms with van der Waals surface area (Å²) in [6.07, 6.45) is 1.43. The number of ether oxygens (including phenoxy) is 5. The zero-order valence-electron chi connectivity index (χ0n) is 39.6. The number of nitrogens with one attached hydrogen (secondary N) is 4. The smallest absolute Gasteiger partial charge is 0.327 e. The van der Waals surface area contributed by atoms with Crippen molar-refractivity contribution >= 4 is 98.2 Å². The Morgan fingerprint density at radius 1 is 0.819 bits per heavy atom. The van der Waals surface area contributed by atoms with E-state index in [1.165, 1.54) is 31.5 Å². The fourth-order valence-electron chi connectivity index (χ4n) is 8.41. The van der Waals surface area contributed by atoms with Crippen molar-refractivity contribution in [2.24, 2.45) is 0 Å². The molecule has 0 aliphatic carbocycles. The third-order valence-corrected chi connectivity index (χ3v) is 12.9. The first-order chi connectivity index (χ1) is 34.8. The van der Waals surface area contributed by atoms with Crippen LogP contribution in [-0.2, 0) is 23.9 Å². The van der Waals surface area contributed by atoms with Crippen LogP contribution in [0.1, 0.15) is 33.6 Å². The van der Waals surface area contributed by atoms with Crippen LogP contribution in [0, 0.1) is 0 Å². The second-order valence-electron chi connectivity index (χ2n) is 16.7. The van der Waals surface area contributed by atoms with Crippen LogP contribution in [0.25, 0.3) is 10.8 Å². The van der Waals surface area contributed by atoms with E-state index in [2.05, 4.69) is 41.0 Å². The summed E-state index contributed by atoms with van der Waals surface area (Å²) in [7, 11) is 4.42. The number of imide groups is 2. The summed E-state index contributed by atoms with van der Waals surface area (Å²) in [6, 6.07) is 17.8. The lowest BCUT2D eigenvalue weighted by Crippen LogP contribution is -2.57. The molecule has 21 nitrogen and oxygen atoms in total. The molecule has 2 saturated heterocycles. The molecule has 23 heteroatoms. The molecule has 0 radical (unpaired) electrons. The van der Waals surface area contributed by atoms with Crippen molar-refractivity contribution in [3.05, 3.63) is 94.2 Å². The van der Waals surface area contributed by atoms with Crippen LogP contribution in [0.3, 0.4) is 0 Å². The Bertz CT molecular complexity index is 2840. The first kappa shape index (κ1) is 51.1. The summed E-state index contributed by atoms with van der Waals surface area (Å²) >= 11 is 12.9. The molecule has 0 spiro atoms.